The summed E-state index contributed by atoms with van der Waals surface area (Å²) in [6.07, 6.45) is -2.49. The van der Waals surface area contributed by atoms with Crippen LogP contribution in [0.25, 0.3) is 11.1 Å². The Morgan fingerprint density at radius 3 is 2.32 bits per heavy atom. The molecule has 44 heavy (non-hydrogen) atoms. The molecular weight excluding hydrogens is 580 g/mol. The first-order valence-electron chi connectivity index (χ1n) is 14.5. The third-order valence-corrected chi connectivity index (χ3v) is 8.21. The standard InChI is InChI=1S/C31H36F4N6O3/c1-18-14-40(9-8-38(18)4)27-12-25(32)22(21-6-7-28(36-13-21)41-15-19(2)44-20(3)16-41)10-26(27)37-30(43)23-17-39(5)29(42)11-24(23)31(33,34)35/h6-7,10-13,17-20H,8-9,14-16H2,1-5H3,(H,37,43)/t18-,19-,20+/m1/s1. The number of anilines is 3. The molecule has 2 saturated heterocycles. The third kappa shape index (κ3) is 6.58. The summed E-state index contributed by atoms with van der Waals surface area (Å²) in [6.45, 7) is 8.99. The number of likely N-dealkylation sites (N-methyl/N-ethyl adjacent to an activating group) is 1. The largest absolute Gasteiger partial charge is 0.417 e. The first kappa shape index (κ1) is 31.5. The zero-order valence-corrected chi connectivity index (χ0v) is 25.3. The van der Waals surface area contributed by atoms with Crippen molar-refractivity contribution in [1.82, 2.24) is 14.5 Å². The monoisotopic (exact) mass is 616 g/mol. The number of aryl methyl sites for hydroxylation is 1. The Hall–Kier alpha value is -3.97. The van der Waals surface area contributed by atoms with Crippen LogP contribution in [-0.2, 0) is 18.0 Å². The lowest BCUT2D eigenvalue weighted by molar-refractivity contribution is -0.138. The number of ether oxygens (including phenoxy) is 1. The highest BCUT2D eigenvalue weighted by Crippen LogP contribution is 2.37. The normalized spacial score (nSPS) is 21.4. The predicted molar refractivity (Wildman–Crippen MR) is 161 cm³/mol. The van der Waals surface area contributed by atoms with Crippen LogP contribution < -0.4 is 20.7 Å². The number of benzene rings is 1. The molecule has 5 rings (SSSR count). The minimum atomic E-state index is -4.94. The number of carbonyl (C=O) groups excluding carboxylic acids is 1. The average molecular weight is 617 g/mol. The summed E-state index contributed by atoms with van der Waals surface area (Å²) in [4.78, 5) is 36.1. The molecule has 1 amide bonds. The van der Waals surface area contributed by atoms with Gasteiger partial charge in [0.1, 0.15) is 11.6 Å². The number of morpholine rings is 1. The maximum atomic E-state index is 15.8. The van der Waals surface area contributed by atoms with Gasteiger partial charge in [0.15, 0.2) is 0 Å². The molecule has 2 fully saturated rings. The number of hydrogen-bond acceptors (Lipinski definition) is 7. The van der Waals surface area contributed by atoms with Crippen LogP contribution in [0.3, 0.4) is 0 Å². The molecule has 2 aliphatic heterocycles. The second-order valence-electron chi connectivity index (χ2n) is 11.7. The van der Waals surface area contributed by atoms with Crippen molar-refractivity contribution in [1.29, 1.82) is 0 Å². The van der Waals surface area contributed by atoms with E-state index in [4.69, 9.17) is 4.74 Å². The van der Waals surface area contributed by atoms with Crippen LogP contribution in [0, 0.1) is 5.82 Å². The highest BCUT2D eigenvalue weighted by atomic mass is 19.4. The van der Waals surface area contributed by atoms with E-state index in [1.165, 1.54) is 25.4 Å². The average Bonchev–Trinajstić information content (AvgIpc) is 2.95. The molecule has 0 unspecified atom stereocenters. The number of carbonyl (C=O) groups is 1. The minimum absolute atomic E-state index is 0.0265. The zero-order chi connectivity index (χ0) is 31.9. The minimum Gasteiger partial charge on any atom is -0.372 e. The fourth-order valence-electron chi connectivity index (χ4n) is 5.75. The summed E-state index contributed by atoms with van der Waals surface area (Å²) in [5.74, 6) is -0.925. The number of amides is 1. The van der Waals surface area contributed by atoms with Gasteiger partial charge >= 0.3 is 6.18 Å². The predicted octanol–water partition coefficient (Wildman–Crippen LogP) is 4.61. The molecule has 0 saturated carbocycles. The van der Waals surface area contributed by atoms with Crippen LogP contribution in [-0.4, -0.2) is 78.4 Å². The van der Waals surface area contributed by atoms with Gasteiger partial charge in [0.2, 0.25) is 0 Å². The molecule has 2 aromatic heterocycles. The van der Waals surface area contributed by atoms with Crippen molar-refractivity contribution in [2.75, 3.05) is 54.9 Å². The summed E-state index contributed by atoms with van der Waals surface area (Å²) in [5.41, 5.74) is -1.91. The van der Waals surface area contributed by atoms with E-state index in [0.29, 0.717) is 55.9 Å². The Kier molecular flexibility index (Phi) is 8.72. The number of aromatic nitrogens is 2. The number of nitrogens with zero attached hydrogens (tertiary/aromatic N) is 5. The fourth-order valence-corrected chi connectivity index (χ4v) is 5.75. The van der Waals surface area contributed by atoms with Gasteiger partial charge in [0, 0.05) is 75.4 Å². The lowest BCUT2D eigenvalue weighted by Gasteiger charge is -2.39. The molecule has 0 spiro atoms. The summed E-state index contributed by atoms with van der Waals surface area (Å²) in [5, 5.41) is 2.60. The smallest absolute Gasteiger partial charge is 0.372 e. The Morgan fingerprint density at radius 2 is 1.70 bits per heavy atom. The van der Waals surface area contributed by atoms with Gasteiger partial charge in [-0.2, -0.15) is 13.2 Å². The number of halogens is 4. The van der Waals surface area contributed by atoms with Gasteiger partial charge in [-0.05, 0) is 52.1 Å². The number of hydrogen-bond donors (Lipinski definition) is 1. The van der Waals surface area contributed by atoms with E-state index in [1.54, 1.807) is 12.1 Å². The lowest BCUT2D eigenvalue weighted by Crippen LogP contribution is -2.50. The topological polar surface area (TPSA) is 82.9 Å². The van der Waals surface area contributed by atoms with E-state index >= 15 is 4.39 Å². The number of alkyl halides is 3. The Bertz CT molecular complexity index is 1580. The molecule has 0 bridgehead atoms. The molecule has 3 aromatic rings. The molecule has 236 valence electrons. The molecule has 13 heteroatoms. The summed E-state index contributed by atoms with van der Waals surface area (Å²) >= 11 is 0. The van der Waals surface area contributed by atoms with E-state index in [0.717, 1.165) is 10.8 Å². The first-order valence-corrected chi connectivity index (χ1v) is 14.5. The number of piperazine rings is 1. The quantitative estimate of drug-likeness (QED) is 0.420. The highest BCUT2D eigenvalue weighted by molar-refractivity contribution is 6.07. The van der Waals surface area contributed by atoms with Crippen molar-refractivity contribution in [3.8, 4) is 11.1 Å². The summed E-state index contributed by atoms with van der Waals surface area (Å²) in [6, 6.07) is 6.75. The molecule has 0 aliphatic carbocycles. The van der Waals surface area contributed by atoms with Crippen molar-refractivity contribution in [2.24, 2.45) is 7.05 Å². The van der Waals surface area contributed by atoms with Gasteiger partial charge in [0.05, 0.1) is 34.7 Å². The van der Waals surface area contributed by atoms with Crippen LogP contribution in [0.4, 0.5) is 34.8 Å². The van der Waals surface area contributed by atoms with Crippen molar-refractivity contribution >= 4 is 23.1 Å². The summed E-state index contributed by atoms with van der Waals surface area (Å²) in [7, 11) is 3.24. The number of nitrogens with one attached hydrogen (secondary N) is 1. The van der Waals surface area contributed by atoms with Gasteiger partial charge in [-0.3, -0.25) is 9.59 Å². The maximum absolute atomic E-state index is 15.8. The molecule has 0 radical (unpaired) electrons. The van der Waals surface area contributed by atoms with Crippen LogP contribution >= 0.6 is 0 Å². The van der Waals surface area contributed by atoms with Gasteiger partial charge < -0.3 is 29.3 Å². The SMILES string of the molecule is C[C@@H]1CN(c2ccc(-c3cc(NC(=O)c4cn(C)c(=O)cc4C(F)(F)F)c(N4CCN(C)[C@H](C)C4)cc3F)cn2)C[C@H](C)O1. The van der Waals surface area contributed by atoms with Crippen LogP contribution in [0.15, 0.2) is 47.5 Å². The first-order chi connectivity index (χ1) is 20.7. The van der Waals surface area contributed by atoms with Crippen LogP contribution in [0.5, 0.6) is 0 Å². The second-order valence-corrected chi connectivity index (χ2v) is 11.7. The molecule has 1 aromatic carbocycles. The molecular formula is C31H36F4N6O3. The van der Waals surface area contributed by atoms with Crippen LogP contribution in [0.2, 0.25) is 0 Å². The maximum Gasteiger partial charge on any atom is 0.417 e. The van der Waals surface area contributed by atoms with E-state index < -0.39 is 34.6 Å². The van der Waals surface area contributed by atoms with Gasteiger partial charge in [0.25, 0.3) is 11.5 Å². The van der Waals surface area contributed by atoms with Crippen molar-refractivity contribution in [3.05, 3.63) is 70.0 Å². The Morgan fingerprint density at radius 1 is 1.00 bits per heavy atom. The van der Waals surface area contributed by atoms with Crippen molar-refractivity contribution in [3.63, 3.8) is 0 Å². The van der Waals surface area contributed by atoms with E-state index in [-0.39, 0.29) is 29.5 Å². The van der Waals surface area contributed by atoms with E-state index in [2.05, 4.69) is 20.1 Å². The molecule has 9 nitrogen and oxygen atoms in total. The molecule has 1 N–H and O–H groups in total. The van der Waals surface area contributed by atoms with E-state index in [9.17, 15) is 22.8 Å². The number of pyridine rings is 2. The van der Waals surface area contributed by atoms with Gasteiger partial charge in [-0.1, -0.05) is 0 Å². The summed E-state index contributed by atoms with van der Waals surface area (Å²) < 4.78 is 64.0. The fraction of sp³-hybridized carbons (Fsp3) is 0.452. The zero-order valence-electron chi connectivity index (χ0n) is 25.3. The van der Waals surface area contributed by atoms with Gasteiger partial charge in [-0.15, -0.1) is 0 Å². The van der Waals surface area contributed by atoms with Crippen molar-refractivity contribution in [2.45, 2.75) is 45.2 Å². The van der Waals surface area contributed by atoms with Crippen molar-refractivity contribution < 1.29 is 27.1 Å². The Balaban J connectivity index is 1.54. The molecule has 2 aliphatic rings. The van der Waals surface area contributed by atoms with E-state index in [1.807, 2.05) is 32.7 Å². The number of rotatable bonds is 5. The third-order valence-electron chi connectivity index (χ3n) is 8.21. The van der Waals surface area contributed by atoms with Gasteiger partial charge in [-0.25, -0.2) is 9.37 Å². The molecule has 3 atom stereocenters. The second kappa shape index (κ2) is 12.2. The lowest BCUT2D eigenvalue weighted by atomic mass is 10.0. The molecule has 4 heterocycles. The highest BCUT2D eigenvalue weighted by Gasteiger charge is 2.36. The van der Waals surface area contributed by atoms with Crippen LogP contribution in [0.1, 0.15) is 36.7 Å². The Labute approximate surface area is 253 Å².